The minimum atomic E-state index is -0.811. The lowest BCUT2D eigenvalue weighted by Gasteiger charge is -2.24. The van der Waals surface area contributed by atoms with E-state index in [-0.39, 0.29) is 11.7 Å². The normalized spacial score (nSPS) is 10.6. The Hall–Kier alpha value is -2.02. The minimum absolute atomic E-state index is 0.110. The van der Waals surface area contributed by atoms with Crippen molar-refractivity contribution in [2.45, 2.75) is 32.2 Å². The Morgan fingerprint density at radius 1 is 1.35 bits per heavy atom. The number of rotatable bonds is 4. The summed E-state index contributed by atoms with van der Waals surface area (Å²) >= 11 is 0. The molecule has 0 aliphatic heterocycles. The maximum atomic E-state index is 11.9. The molecule has 0 heterocycles. The first-order chi connectivity index (χ1) is 8.06. The van der Waals surface area contributed by atoms with Crippen molar-refractivity contribution >= 4 is 5.91 Å². The molecule has 2 N–H and O–H groups in total. The first-order valence-corrected chi connectivity index (χ1v) is 5.59. The maximum absolute atomic E-state index is 11.9. The van der Waals surface area contributed by atoms with Gasteiger partial charge in [-0.25, -0.2) is 0 Å². The molecule has 0 radical (unpaired) electrons. The minimum Gasteiger partial charge on any atom is -0.508 e. The van der Waals surface area contributed by atoms with Crippen molar-refractivity contribution in [3.8, 4) is 11.8 Å². The molecular formula is C13H16N2O2. The molecule has 1 rings (SSSR count). The van der Waals surface area contributed by atoms with Crippen molar-refractivity contribution in [3.05, 3.63) is 29.8 Å². The summed E-state index contributed by atoms with van der Waals surface area (Å²) in [4.78, 5) is 11.9. The number of hydrogen-bond acceptors (Lipinski definition) is 3. The first kappa shape index (κ1) is 13.0. The van der Waals surface area contributed by atoms with Gasteiger partial charge in [0.2, 0.25) is 0 Å². The van der Waals surface area contributed by atoms with Gasteiger partial charge in [0.1, 0.15) is 11.3 Å². The summed E-state index contributed by atoms with van der Waals surface area (Å²) in [6, 6.07) is 8.09. The van der Waals surface area contributed by atoms with Gasteiger partial charge in [0.15, 0.2) is 0 Å². The number of nitriles is 1. The number of carbonyl (C=O) groups excluding carboxylic acids is 1. The smallest absolute Gasteiger partial charge is 0.252 e. The van der Waals surface area contributed by atoms with Crippen molar-refractivity contribution in [2.24, 2.45) is 0 Å². The predicted octanol–water partition coefficient (Wildman–Crippen LogP) is 2.20. The van der Waals surface area contributed by atoms with Crippen molar-refractivity contribution in [1.29, 1.82) is 5.26 Å². The summed E-state index contributed by atoms with van der Waals surface area (Å²) in [5.41, 5.74) is -0.376. The zero-order valence-corrected chi connectivity index (χ0v) is 10.0. The highest BCUT2D eigenvalue weighted by Crippen LogP contribution is 2.16. The van der Waals surface area contributed by atoms with E-state index in [1.165, 1.54) is 24.3 Å². The number of nitrogens with one attached hydrogen (secondary N) is 1. The van der Waals surface area contributed by atoms with Crippen LogP contribution in [0, 0.1) is 11.3 Å². The fraction of sp³-hybridized carbons (Fsp3) is 0.385. The van der Waals surface area contributed by atoms with E-state index >= 15 is 0 Å². The van der Waals surface area contributed by atoms with E-state index in [4.69, 9.17) is 10.4 Å². The van der Waals surface area contributed by atoms with E-state index in [2.05, 4.69) is 11.4 Å². The van der Waals surface area contributed by atoms with Gasteiger partial charge in [0.05, 0.1) is 6.07 Å². The summed E-state index contributed by atoms with van der Waals surface area (Å²) < 4.78 is 0. The number of carbonyl (C=O) groups is 1. The van der Waals surface area contributed by atoms with Crippen LogP contribution >= 0.6 is 0 Å². The van der Waals surface area contributed by atoms with Crippen LogP contribution in [0.25, 0.3) is 0 Å². The van der Waals surface area contributed by atoms with E-state index in [1.807, 2.05) is 13.8 Å². The van der Waals surface area contributed by atoms with Crippen LogP contribution in [0.2, 0.25) is 0 Å². The quantitative estimate of drug-likeness (QED) is 0.835. The van der Waals surface area contributed by atoms with Crippen LogP contribution in [0.4, 0.5) is 0 Å². The van der Waals surface area contributed by atoms with Crippen LogP contribution in [0.3, 0.4) is 0 Å². The largest absolute Gasteiger partial charge is 0.508 e. The van der Waals surface area contributed by atoms with Gasteiger partial charge in [-0.05, 0) is 37.1 Å². The second-order valence-electron chi connectivity index (χ2n) is 3.90. The fourth-order valence-electron chi connectivity index (χ4n) is 1.52. The van der Waals surface area contributed by atoms with E-state index in [0.29, 0.717) is 18.4 Å². The number of benzene rings is 1. The molecule has 0 aromatic heterocycles. The Kier molecular flexibility index (Phi) is 4.11. The van der Waals surface area contributed by atoms with Gasteiger partial charge in [-0.15, -0.1) is 0 Å². The zero-order chi connectivity index (χ0) is 12.9. The van der Waals surface area contributed by atoms with E-state index < -0.39 is 5.54 Å². The molecule has 17 heavy (non-hydrogen) atoms. The highest BCUT2D eigenvalue weighted by Gasteiger charge is 2.27. The Morgan fingerprint density at radius 2 is 1.88 bits per heavy atom. The van der Waals surface area contributed by atoms with Gasteiger partial charge in [0.25, 0.3) is 5.91 Å². The number of aromatic hydroxyl groups is 1. The zero-order valence-electron chi connectivity index (χ0n) is 10.0. The standard InChI is InChI=1S/C13H16N2O2/c1-3-13(4-2,9-14)15-12(17)10-5-7-11(16)8-6-10/h5-8,16H,3-4H2,1-2H3,(H,15,17). The van der Waals surface area contributed by atoms with Crippen LogP contribution < -0.4 is 5.32 Å². The molecule has 90 valence electrons. The Balaban J connectivity index is 2.85. The number of amides is 1. The molecule has 4 heteroatoms. The maximum Gasteiger partial charge on any atom is 0.252 e. The van der Waals surface area contributed by atoms with E-state index in [0.717, 1.165) is 0 Å². The summed E-state index contributed by atoms with van der Waals surface area (Å²) in [6.07, 6.45) is 1.12. The number of nitrogens with zero attached hydrogens (tertiary/aromatic N) is 1. The summed E-state index contributed by atoms with van der Waals surface area (Å²) in [6.45, 7) is 3.73. The highest BCUT2D eigenvalue weighted by molar-refractivity contribution is 5.95. The molecule has 0 fully saturated rings. The number of phenols is 1. The van der Waals surface area contributed by atoms with Gasteiger partial charge >= 0.3 is 0 Å². The molecule has 1 aromatic rings. The van der Waals surface area contributed by atoms with Crippen LogP contribution in [0.1, 0.15) is 37.0 Å². The molecule has 1 aromatic carbocycles. The summed E-state index contributed by atoms with van der Waals surface area (Å²) in [7, 11) is 0. The monoisotopic (exact) mass is 232 g/mol. The predicted molar refractivity (Wildman–Crippen MR) is 64.5 cm³/mol. The second-order valence-corrected chi connectivity index (χ2v) is 3.90. The van der Waals surface area contributed by atoms with Crippen LogP contribution in [0.5, 0.6) is 5.75 Å². The van der Waals surface area contributed by atoms with Gasteiger partial charge in [0, 0.05) is 5.56 Å². The average Bonchev–Trinajstić information content (AvgIpc) is 2.37. The van der Waals surface area contributed by atoms with Crippen molar-refractivity contribution in [2.75, 3.05) is 0 Å². The molecule has 0 aliphatic carbocycles. The lowest BCUT2D eigenvalue weighted by atomic mass is 9.94. The summed E-state index contributed by atoms with van der Waals surface area (Å²) in [5, 5.41) is 21.0. The SMILES string of the molecule is CCC(C#N)(CC)NC(=O)c1ccc(O)cc1. The molecule has 0 unspecified atom stereocenters. The third-order valence-electron chi connectivity index (χ3n) is 2.90. The highest BCUT2D eigenvalue weighted by atomic mass is 16.3. The first-order valence-electron chi connectivity index (χ1n) is 5.59. The molecule has 1 amide bonds. The molecule has 0 saturated carbocycles. The van der Waals surface area contributed by atoms with Gasteiger partial charge in [-0.3, -0.25) is 4.79 Å². The number of hydrogen-bond donors (Lipinski definition) is 2. The summed E-state index contributed by atoms with van der Waals surface area (Å²) in [5.74, 6) is -0.186. The van der Waals surface area contributed by atoms with Crippen molar-refractivity contribution in [1.82, 2.24) is 5.32 Å². The molecule has 4 nitrogen and oxygen atoms in total. The topological polar surface area (TPSA) is 73.1 Å². The van der Waals surface area contributed by atoms with Crippen LogP contribution in [-0.4, -0.2) is 16.6 Å². The van der Waals surface area contributed by atoms with Crippen molar-refractivity contribution in [3.63, 3.8) is 0 Å². The van der Waals surface area contributed by atoms with Gasteiger partial charge in [-0.1, -0.05) is 13.8 Å². The van der Waals surface area contributed by atoms with Gasteiger partial charge in [-0.2, -0.15) is 5.26 Å². The fourth-order valence-corrected chi connectivity index (χ4v) is 1.52. The third kappa shape index (κ3) is 2.97. The molecule has 0 saturated heterocycles. The lowest BCUT2D eigenvalue weighted by molar-refractivity contribution is 0.0915. The van der Waals surface area contributed by atoms with Crippen LogP contribution in [-0.2, 0) is 0 Å². The Labute approximate surface area is 101 Å². The Morgan fingerprint density at radius 3 is 2.29 bits per heavy atom. The molecule has 0 spiro atoms. The molecule has 0 aliphatic rings. The molecule has 0 bridgehead atoms. The molecular weight excluding hydrogens is 216 g/mol. The van der Waals surface area contributed by atoms with E-state index in [1.54, 1.807) is 0 Å². The lowest BCUT2D eigenvalue weighted by Crippen LogP contribution is -2.46. The Bertz CT molecular complexity index is 428. The van der Waals surface area contributed by atoms with Gasteiger partial charge < -0.3 is 10.4 Å². The van der Waals surface area contributed by atoms with E-state index in [9.17, 15) is 4.79 Å². The third-order valence-corrected chi connectivity index (χ3v) is 2.90. The average molecular weight is 232 g/mol. The van der Waals surface area contributed by atoms with Crippen molar-refractivity contribution < 1.29 is 9.90 Å². The second kappa shape index (κ2) is 5.35. The molecule has 0 atom stereocenters. The van der Waals surface area contributed by atoms with Crippen LogP contribution in [0.15, 0.2) is 24.3 Å². The number of phenolic OH excluding ortho intramolecular Hbond substituents is 1.